The molecule has 0 bridgehead atoms. The van der Waals surface area contributed by atoms with Gasteiger partial charge in [0.15, 0.2) is 11.5 Å². The molecular formula is C16H23FN2O3. The molecule has 2 N–H and O–H groups in total. The van der Waals surface area contributed by atoms with E-state index < -0.39 is 11.9 Å². The van der Waals surface area contributed by atoms with Crippen molar-refractivity contribution in [2.24, 2.45) is 0 Å². The van der Waals surface area contributed by atoms with Crippen LogP contribution >= 0.6 is 0 Å². The number of rotatable bonds is 6. The molecule has 2 unspecified atom stereocenters. The highest BCUT2D eigenvalue weighted by atomic mass is 19.1. The Morgan fingerprint density at radius 2 is 2.09 bits per heavy atom. The molecule has 0 radical (unpaired) electrons. The van der Waals surface area contributed by atoms with Gasteiger partial charge >= 0.3 is 0 Å². The number of ether oxygens (including phenoxy) is 2. The zero-order valence-corrected chi connectivity index (χ0v) is 13.2. The maximum absolute atomic E-state index is 14.2. The van der Waals surface area contributed by atoms with Crippen molar-refractivity contribution >= 4 is 5.91 Å². The van der Waals surface area contributed by atoms with E-state index in [1.165, 1.54) is 20.3 Å². The smallest absolute Gasteiger partial charge is 0.222 e. The fourth-order valence-corrected chi connectivity index (χ4v) is 2.73. The summed E-state index contributed by atoms with van der Waals surface area (Å²) in [5, 5.41) is 6.11. The van der Waals surface area contributed by atoms with Gasteiger partial charge in [0.05, 0.1) is 20.3 Å². The summed E-state index contributed by atoms with van der Waals surface area (Å²) in [5.41, 5.74) is 0.380. The maximum Gasteiger partial charge on any atom is 0.222 e. The van der Waals surface area contributed by atoms with Crippen molar-refractivity contribution in [3.63, 3.8) is 0 Å². The Kier molecular flexibility index (Phi) is 5.60. The molecule has 1 aliphatic rings. The minimum Gasteiger partial charge on any atom is -0.493 e. The van der Waals surface area contributed by atoms with Gasteiger partial charge in [0.1, 0.15) is 5.82 Å². The van der Waals surface area contributed by atoms with Crippen LogP contribution in [0.1, 0.15) is 37.8 Å². The number of carbonyl (C=O) groups excluding carboxylic acids is 1. The number of hydrogen-bond acceptors (Lipinski definition) is 4. The van der Waals surface area contributed by atoms with E-state index >= 15 is 0 Å². The molecule has 0 saturated carbocycles. The summed E-state index contributed by atoms with van der Waals surface area (Å²) in [6, 6.07) is 2.62. The topological polar surface area (TPSA) is 59.6 Å². The van der Waals surface area contributed by atoms with E-state index in [0.717, 1.165) is 19.4 Å². The van der Waals surface area contributed by atoms with Crippen LogP contribution in [0.25, 0.3) is 0 Å². The van der Waals surface area contributed by atoms with Gasteiger partial charge in [0.2, 0.25) is 5.91 Å². The van der Waals surface area contributed by atoms with Gasteiger partial charge in [-0.25, -0.2) is 4.39 Å². The molecule has 1 amide bonds. The minimum atomic E-state index is -0.436. The van der Waals surface area contributed by atoms with Crippen LogP contribution in [0, 0.1) is 5.82 Å². The Hall–Kier alpha value is -1.82. The first-order valence-corrected chi connectivity index (χ1v) is 7.49. The van der Waals surface area contributed by atoms with Gasteiger partial charge in [-0.3, -0.25) is 4.79 Å². The third kappa shape index (κ3) is 3.88. The van der Waals surface area contributed by atoms with E-state index in [2.05, 4.69) is 10.6 Å². The van der Waals surface area contributed by atoms with Crippen molar-refractivity contribution in [2.75, 3.05) is 20.8 Å². The number of methoxy groups -OCH3 is 2. The molecule has 5 nitrogen and oxygen atoms in total. The summed E-state index contributed by atoms with van der Waals surface area (Å²) < 4.78 is 24.4. The predicted molar refractivity (Wildman–Crippen MR) is 81.7 cm³/mol. The summed E-state index contributed by atoms with van der Waals surface area (Å²) in [4.78, 5) is 12.0. The summed E-state index contributed by atoms with van der Waals surface area (Å²) in [6.07, 6.45) is 2.52. The summed E-state index contributed by atoms with van der Waals surface area (Å²) >= 11 is 0. The molecule has 2 rings (SSSR count). The van der Waals surface area contributed by atoms with Gasteiger partial charge in [-0.15, -0.1) is 0 Å². The van der Waals surface area contributed by atoms with Crippen LogP contribution in [0.5, 0.6) is 11.5 Å². The van der Waals surface area contributed by atoms with Crippen LogP contribution < -0.4 is 20.1 Å². The zero-order valence-electron chi connectivity index (χ0n) is 13.2. The molecule has 0 aliphatic carbocycles. The average Bonchev–Trinajstić information content (AvgIpc) is 2.99. The minimum absolute atomic E-state index is 0.0823. The van der Waals surface area contributed by atoms with Gasteiger partial charge in [-0.1, -0.05) is 0 Å². The van der Waals surface area contributed by atoms with Gasteiger partial charge < -0.3 is 20.1 Å². The lowest BCUT2D eigenvalue weighted by atomic mass is 10.1. The summed E-state index contributed by atoms with van der Waals surface area (Å²) in [6.45, 7) is 2.71. The molecule has 1 aromatic carbocycles. The van der Waals surface area contributed by atoms with Gasteiger partial charge in [0.25, 0.3) is 0 Å². The van der Waals surface area contributed by atoms with Gasteiger partial charge in [-0.05, 0) is 32.4 Å². The highest BCUT2D eigenvalue weighted by Crippen LogP contribution is 2.32. The van der Waals surface area contributed by atoms with Crippen molar-refractivity contribution < 1.29 is 18.7 Å². The number of benzene rings is 1. The molecule has 1 heterocycles. The molecule has 0 spiro atoms. The number of nitrogens with one attached hydrogen (secondary N) is 2. The molecule has 1 aromatic rings. The largest absolute Gasteiger partial charge is 0.493 e. The monoisotopic (exact) mass is 310 g/mol. The number of amides is 1. The van der Waals surface area contributed by atoms with Crippen LogP contribution in [-0.2, 0) is 4.79 Å². The molecule has 1 saturated heterocycles. The van der Waals surface area contributed by atoms with Crippen molar-refractivity contribution in [2.45, 2.75) is 38.3 Å². The first-order chi connectivity index (χ1) is 10.5. The van der Waals surface area contributed by atoms with Crippen molar-refractivity contribution in [3.8, 4) is 11.5 Å². The van der Waals surface area contributed by atoms with E-state index in [4.69, 9.17) is 9.47 Å². The summed E-state index contributed by atoms with van der Waals surface area (Å²) in [7, 11) is 2.95. The van der Waals surface area contributed by atoms with Crippen LogP contribution in [0.3, 0.4) is 0 Å². The second-order valence-corrected chi connectivity index (χ2v) is 5.52. The van der Waals surface area contributed by atoms with Gasteiger partial charge in [-0.2, -0.15) is 0 Å². The average molecular weight is 310 g/mol. The van der Waals surface area contributed by atoms with Crippen molar-refractivity contribution in [1.29, 1.82) is 0 Å². The SMILES string of the molecule is COc1cc(F)c(C(C)NC(=O)CC2CCCN2)cc1OC. The molecule has 1 fully saturated rings. The Bertz CT molecular complexity index is 530. The first kappa shape index (κ1) is 16.5. The van der Waals surface area contributed by atoms with Crippen LogP contribution in [0.4, 0.5) is 4.39 Å². The van der Waals surface area contributed by atoms with Crippen molar-refractivity contribution in [1.82, 2.24) is 10.6 Å². The normalized spacial score (nSPS) is 18.8. The molecule has 22 heavy (non-hydrogen) atoms. The molecule has 1 aliphatic heterocycles. The highest BCUT2D eigenvalue weighted by molar-refractivity contribution is 5.77. The fourth-order valence-electron chi connectivity index (χ4n) is 2.73. The molecule has 6 heteroatoms. The standard InChI is InChI=1S/C16H23FN2O3/c1-10(19-16(20)7-11-5-4-6-18-11)12-8-14(21-2)15(22-3)9-13(12)17/h8-11,18H,4-7H2,1-3H3,(H,19,20). The maximum atomic E-state index is 14.2. The van der Waals surface area contributed by atoms with Crippen molar-refractivity contribution in [3.05, 3.63) is 23.5 Å². The Balaban J connectivity index is 2.04. The lowest BCUT2D eigenvalue weighted by molar-refractivity contribution is -0.122. The zero-order chi connectivity index (χ0) is 16.1. The lowest BCUT2D eigenvalue weighted by Gasteiger charge is -2.18. The van der Waals surface area contributed by atoms with Crippen LogP contribution in [0.2, 0.25) is 0 Å². The summed E-state index contributed by atoms with van der Waals surface area (Å²) in [5.74, 6) is 0.264. The lowest BCUT2D eigenvalue weighted by Crippen LogP contribution is -2.33. The van der Waals surface area contributed by atoms with Gasteiger partial charge in [0, 0.05) is 24.1 Å². The Morgan fingerprint density at radius 3 is 2.68 bits per heavy atom. The van der Waals surface area contributed by atoms with E-state index in [1.807, 2.05) is 0 Å². The highest BCUT2D eigenvalue weighted by Gasteiger charge is 2.21. The van der Waals surface area contributed by atoms with E-state index in [0.29, 0.717) is 23.5 Å². The predicted octanol–water partition coefficient (Wildman–Crippen LogP) is 2.16. The number of halogens is 1. The van der Waals surface area contributed by atoms with E-state index in [-0.39, 0.29) is 11.9 Å². The first-order valence-electron chi connectivity index (χ1n) is 7.49. The number of carbonyl (C=O) groups is 1. The third-order valence-electron chi connectivity index (χ3n) is 3.94. The Morgan fingerprint density at radius 1 is 1.41 bits per heavy atom. The molecular weight excluding hydrogens is 287 g/mol. The third-order valence-corrected chi connectivity index (χ3v) is 3.94. The second kappa shape index (κ2) is 7.45. The van der Waals surface area contributed by atoms with Crippen LogP contribution in [-0.4, -0.2) is 32.7 Å². The molecule has 122 valence electrons. The fraction of sp³-hybridized carbons (Fsp3) is 0.562. The second-order valence-electron chi connectivity index (χ2n) is 5.52. The molecule has 2 atom stereocenters. The quantitative estimate of drug-likeness (QED) is 0.845. The number of hydrogen-bond donors (Lipinski definition) is 2. The molecule has 0 aromatic heterocycles. The van der Waals surface area contributed by atoms with E-state index in [1.54, 1.807) is 13.0 Å². The van der Waals surface area contributed by atoms with Crippen LogP contribution in [0.15, 0.2) is 12.1 Å². The van der Waals surface area contributed by atoms with E-state index in [9.17, 15) is 9.18 Å². The Labute approximate surface area is 130 Å².